The largest absolute Gasteiger partial charge is 0.494 e. The van der Waals surface area contributed by atoms with E-state index in [0.29, 0.717) is 13.0 Å². The second kappa shape index (κ2) is 9.86. The van der Waals surface area contributed by atoms with Gasteiger partial charge in [-0.3, -0.25) is 9.59 Å². The summed E-state index contributed by atoms with van der Waals surface area (Å²) in [4.78, 5) is 23.4. The van der Waals surface area contributed by atoms with E-state index in [0.717, 1.165) is 11.3 Å². The van der Waals surface area contributed by atoms with Crippen LogP contribution in [0.5, 0.6) is 5.75 Å². The molecule has 0 aliphatic carbocycles. The molecule has 8 nitrogen and oxygen atoms in total. The molecule has 0 saturated heterocycles. The van der Waals surface area contributed by atoms with Gasteiger partial charge in [-0.15, -0.1) is 0 Å². The third-order valence-corrected chi connectivity index (χ3v) is 4.51. The lowest BCUT2D eigenvalue weighted by atomic mass is 10.2. The maximum atomic E-state index is 11.8. The SMILES string of the molecule is Cc1cccc(OCCCC(=O)OCC(=O)Nc2cccc(S(N)(=O)=O)c2)c1. The first-order chi connectivity index (χ1) is 13.2. The number of esters is 1. The summed E-state index contributed by atoms with van der Waals surface area (Å²) in [6.07, 6.45) is 0.560. The second-order valence-corrected chi connectivity index (χ2v) is 7.61. The van der Waals surface area contributed by atoms with Crippen molar-refractivity contribution in [2.45, 2.75) is 24.7 Å². The van der Waals surface area contributed by atoms with Gasteiger partial charge in [0.2, 0.25) is 10.0 Å². The third kappa shape index (κ3) is 7.37. The van der Waals surface area contributed by atoms with Gasteiger partial charge in [-0.2, -0.15) is 0 Å². The van der Waals surface area contributed by atoms with Gasteiger partial charge in [0.25, 0.3) is 5.91 Å². The van der Waals surface area contributed by atoms with E-state index in [1.807, 2.05) is 31.2 Å². The van der Waals surface area contributed by atoms with Crippen LogP contribution in [-0.4, -0.2) is 33.5 Å². The molecule has 2 aromatic rings. The highest BCUT2D eigenvalue weighted by atomic mass is 32.2. The molecule has 28 heavy (non-hydrogen) atoms. The first-order valence-corrected chi connectivity index (χ1v) is 10.1. The molecule has 1 amide bonds. The topological polar surface area (TPSA) is 125 Å². The Morgan fingerprint density at radius 1 is 1.11 bits per heavy atom. The fraction of sp³-hybridized carbons (Fsp3) is 0.263. The number of hydrogen-bond acceptors (Lipinski definition) is 6. The van der Waals surface area contributed by atoms with Crippen LogP contribution < -0.4 is 15.2 Å². The number of anilines is 1. The van der Waals surface area contributed by atoms with E-state index in [4.69, 9.17) is 14.6 Å². The lowest BCUT2D eigenvalue weighted by molar-refractivity contribution is -0.147. The molecule has 0 aliphatic rings. The second-order valence-electron chi connectivity index (χ2n) is 6.05. The van der Waals surface area contributed by atoms with Crippen LogP contribution in [0.3, 0.4) is 0 Å². The molecule has 0 radical (unpaired) electrons. The monoisotopic (exact) mass is 406 g/mol. The molecule has 150 valence electrons. The van der Waals surface area contributed by atoms with E-state index < -0.39 is 28.5 Å². The molecular formula is C19H22N2O6S. The lowest BCUT2D eigenvalue weighted by Crippen LogP contribution is -2.21. The maximum absolute atomic E-state index is 11.8. The predicted octanol–water partition coefficient (Wildman–Crippen LogP) is 1.98. The number of ether oxygens (including phenoxy) is 2. The van der Waals surface area contributed by atoms with Gasteiger partial charge in [-0.25, -0.2) is 13.6 Å². The van der Waals surface area contributed by atoms with Crippen LogP contribution in [0.2, 0.25) is 0 Å². The van der Waals surface area contributed by atoms with Crippen LogP contribution in [0.15, 0.2) is 53.4 Å². The molecule has 0 fully saturated rings. The van der Waals surface area contributed by atoms with Gasteiger partial charge < -0.3 is 14.8 Å². The fourth-order valence-corrected chi connectivity index (χ4v) is 2.84. The standard InChI is InChI=1S/C19H22N2O6S/c1-14-5-2-7-16(11-14)26-10-4-9-19(23)27-13-18(22)21-15-6-3-8-17(12-15)28(20,24)25/h2-3,5-8,11-12H,4,9-10,13H2,1H3,(H,21,22)(H2,20,24,25). The highest BCUT2D eigenvalue weighted by Gasteiger charge is 2.11. The van der Waals surface area contributed by atoms with E-state index in [9.17, 15) is 18.0 Å². The van der Waals surface area contributed by atoms with Gasteiger partial charge in [0.1, 0.15) is 5.75 Å². The van der Waals surface area contributed by atoms with Crippen LogP contribution in [0, 0.1) is 6.92 Å². The summed E-state index contributed by atoms with van der Waals surface area (Å²) in [5, 5.41) is 7.48. The molecule has 0 aliphatic heterocycles. The number of sulfonamides is 1. The van der Waals surface area contributed by atoms with Crippen molar-refractivity contribution in [3.8, 4) is 5.75 Å². The maximum Gasteiger partial charge on any atom is 0.306 e. The average molecular weight is 406 g/mol. The number of hydrogen-bond donors (Lipinski definition) is 2. The Kier molecular flexibility index (Phi) is 7.53. The quantitative estimate of drug-likeness (QED) is 0.485. The minimum atomic E-state index is -3.87. The summed E-state index contributed by atoms with van der Waals surface area (Å²) in [5.74, 6) is -0.383. The van der Waals surface area contributed by atoms with Crippen LogP contribution >= 0.6 is 0 Å². The number of nitrogens with two attached hydrogens (primary N) is 1. The van der Waals surface area contributed by atoms with E-state index in [2.05, 4.69) is 5.32 Å². The van der Waals surface area contributed by atoms with Gasteiger partial charge in [0.15, 0.2) is 6.61 Å². The van der Waals surface area contributed by atoms with Gasteiger partial charge in [-0.05, 0) is 49.2 Å². The van der Waals surface area contributed by atoms with Gasteiger partial charge in [0, 0.05) is 12.1 Å². The van der Waals surface area contributed by atoms with Crippen LogP contribution in [-0.2, 0) is 24.3 Å². The number of rotatable bonds is 9. The normalized spacial score (nSPS) is 10.9. The molecule has 0 spiro atoms. The summed E-state index contributed by atoms with van der Waals surface area (Å²) in [5.41, 5.74) is 1.32. The van der Waals surface area contributed by atoms with E-state index in [1.165, 1.54) is 24.3 Å². The molecule has 0 atom stereocenters. The number of nitrogens with one attached hydrogen (secondary N) is 1. The Morgan fingerprint density at radius 3 is 2.57 bits per heavy atom. The van der Waals surface area contributed by atoms with Crippen molar-refractivity contribution >= 4 is 27.6 Å². The van der Waals surface area contributed by atoms with Crippen molar-refractivity contribution in [1.29, 1.82) is 0 Å². The lowest BCUT2D eigenvalue weighted by Gasteiger charge is -2.08. The molecule has 0 bridgehead atoms. The van der Waals surface area contributed by atoms with E-state index >= 15 is 0 Å². The summed E-state index contributed by atoms with van der Waals surface area (Å²) >= 11 is 0. The molecular weight excluding hydrogens is 384 g/mol. The summed E-state index contributed by atoms with van der Waals surface area (Å²) in [6.45, 7) is 1.84. The predicted molar refractivity (Wildman–Crippen MR) is 103 cm³/mol. The smallest absolute Gasteiger partial charge is 0.306 e. The van der Waals surface area contributed by atoms with Crippen molar-refractivity contribution in [3.05, 3.63) is 54.1 Å². The number of aryl methyl sites for hydroxylation is 1. The Bertz CT molecular complexity index is 943. The number of carbonyl (C=O) groups excluding carboxylic acids is 2. The molecule has 2 rings (SSSR count). The van der Waals surface area contributed by atoms with Crippen molar-refractivity contribution in [1.82, 2.24) is 0 Å². The van der Waals surface area contributed by atoms with Crippen LogP contribution in [0.4, 0.5) is 5.69 Å². The molecule has 2 aromatic carbocycles. The zero-order chi connectivity index (χ0) is 20.6. The highest BCUT2D eigenvalue weighted by Crippen LogP contribution is 2.14. The zero-order valence-corrected chi connectivity index (χ0v) is 16.2. The Morgan fingerprint density at radius 2 is 1.86 bits per heavy atom. The fourth-order valence-electron chi connectivity index (χ4n) is 2.28. The first kappa shape index (κ1) is 21.4. The van der Waals surface area contributed by atoms with Gasteiger partial charge >= 0.3 is 5.97 Å². The van der Waals surface area contributed by atoms with Crippen molar-refractivity contribution in [3.63, 3.8) is 0 Å². The molecule has 0 saturated carbocycles. The summed E-state index contributed by atoms with van der Waals surface area (Å²) in [6, 6.07) is 13.0. The van der Waals surface area contributed by atoms with Gasteiger partial charge in [-0.1, -0.05) is 18.2 Å². The third-order valence-electron chi connectivity index (χ3n) is 3.59. The summed E-state index contributed by atoms with van der Waals surface area (Å²) < 4.78 is 33.0. The minimum absolute atomic E-state index is 0.111. The van der Waals surface area contributed by atoms with Crippen LogP contribution in [0.25, 0.3) is 0 Å². The molecule has 0 unspecified atom stereocenters. The van der Waals surface area contributed by atoms with Crippen LogP contribution in [0.1, 0.15) is 18.4 Å². The van der Waals surface area contributed by atoms with Crippen molar-refractivity contribution in [2.24, 2.45) is 5.14 Å². The highest BCUT2D eigenvalue weighted by molar-refractivity contribution is 7.89. The molecule has 9 heteroatoms. The van der Waals surface area contributed by atoms with Gasteiger partial charge in [0.05, 0.1) is 11.5 Å². The van der Waals surface area contributed by atoms with Crippen molar-refractivity contribution in [2.75, 3.05) is 18.5 Å². The molecule has 0 aromatic heterocycles. The van der Waals surface area contributed by atoms with E-state index in [1.54, 1.807) is 0 Å². The Balaban J connectivity index is 1.69. The molecule has 0 heterocycles. The Labute approximate surface area is 163 Å². The summed E-state index contributed by atoms with van der Waals surface area (Å²) in [7, 11) is -3.87. The number of primary sulfonamides is 1. The molecule has 3 N–H and O–H groups in total. The number of carbonyl (C=O) groups is 2. The Hall–Kier alpha value is -2.91. The number of amides is 1. The van der Waals surface area contributed by atoms with Crippen molar-refractivity contribution < 1.29 is 27.5 Å². The number of benzene rings is 2. The zero-order valence-electron chi connectivity index (χ0n) is 15.4. The van der Waals surface area contributed by atoms with E-state index in [-0.39, 0.29) is 17.0 Å². The first-order valence-electron chi connectivity index (χ1n) is 8.52. The minimum Gasteiger partial charge on any atom is -0.494 e. The average Bonchev–Trinajstić information content (AvgIpc) is 2.63.